The van der Waals surface area contributed by atoms with Gasteiger partial charge in [0.05, 0.1) is 10.4 Å². The topological polar surface area (TPSA) is 93.0 Å². The molecule has 1 aliphatic carbocycles. The molecule has 0 radical (unpaired) electrons. The molecule has 0 amide bonds. The number of rotatable bonds is 6. The summed E-state index contributed by atoms with van der Waals surface area (Å²) in [5.74, 6) is 1.14. The number of aromatic nitrogens is 2. The van der Waals surface area contributed by atoms with Gasteiger partial charge in [-0.3, -0.25) is 10.1 Å². The number of hydrogen-bond donors (Lipinski definition) is 2. The van der Waals surface area contributed by atoms with E-state index in [0.717, 1.165) is 12.8 Å². The molecule has 0 saturated heterocycles. The van der Waals surface area contributed by atoms with Crippen molar-refractivity contribution >= 4 is 28.4 Å². The summed E-state index contributed by atoms with van der Waals surface area (Å²) in [6, 6.07) is 5.02. The number of non-ortho nitro benzene ring substituents is 1. The zero-order chi connectivity index (χ0) is 16.2. The first-order valence-electron chi connectivity index (χ1n) is 7.75. The predicted octanol–water partition coefficient (Wildman–Crippen LogP) is 3.49. The first kappa shape index (κ1) is 15.2. The number of nitrogens with one attached hydrogen (secondary N) is 2. The molecule has 120 valence electrons. The van der Waals surface area contributed by atoms with Gasteiger partial charge in [-0.1, -0.05) is 18.9 Å². The minimum Gasteiger partial charge on any atom is -0.367 e. The minimum absolute atomic E-state index is 0.0439. The Balaban J connectivity index is 2.03. The second kappa shape index (κ2) is 6.60. The van der Waals surface area contributed by atoms with E-state index in [2.05, 4.69) is 27.2 Å². The van der Waals surface area contributed by atoms with Gasteiger partial charge in [-0.2, -0.15) is 4.98 Å². The summed E-state index contributed by atoms with van der Waals surface area (Å²) in [5.41, 5.74) is 0.722. The largest absolute Gasteiger partial charge is 0.367 e. The Bertz CT molecular complexity index is 741. The highest BCUT2D eigenvalue weighted by Gasteiger charge is 2.18. The molecule has 7 heteroatoms. The van der Waals surface area contributed by atoms with Crippen LogP contribution in [-0.4, -0.2) is 27.5 Å². The number of anilines is 2. The van der Waals surface area contributed by atoms with Crippen LogP contribution in [-0.2, 0) is 0 Å². The first-order chi connectivity index (χ1) is 11.2. The molecule has 0 spiro atoms. The van der Waals surface area contributed by atoms with Crippen LogP contribution in [0, 0.1) is 10.1 Å². The molecule has 1 fully saturated rings. The highest BCUT2D eigenvalue weighted by atomic mass is 16.6. The van der Waals surface area contributed by atoms with E-state index in [4.69, 9.17) is 0 Å². The van der Waals surface area contributed by atoms with Crippen LogP contribution in [0.3, 0.4) is 0 Å². The normalized spacial score (nSPS) is 14.8. The van der Waals surface area contributed by atoms with E-state index in [9.17, 15) is 10.1 Å². The quantitative estimate of drug-likeness (QED) is 0.482. The maximum atomic E-state index is 11.0. The summed E-state index contributed by atoms with van der Waals surface area (Å²) in [6.07, 6.45) is 6.31. The van der Waals surface area contributed by atoms with Crippen molar-refractivity contribution in [2.24, 2.45) is 0 Å². The monoisotopic (exact) mass is 313 g/mol. The van der Waals surface area contributed by atoms with Gasteiger partial charge in [-0.05, 0) is 18.9 Å². The van der Waals surface area contributed by atoms with Crippen LogP contribution in [0.2, 0.25) is 0 Å². The van der Waals surface area contributed by atoms with Crippen LogP contribution in [0.4, 0.5) is 17.5 Å². The summed E-state index contributed by atoms with van der Waals surface area (Å²) < 4.78 is 0. The van der Waals surface area contributed by atoms with Gasteiger partial charge in [0.15, 0.2) is 0 Å². The van der Waals surface area contributed by atoms with Gasteiger partial charge >= 0.3 is 0 Å². The fourth-order valence-corrected chi connectivity index (χ4v) is 2.85. The molecule has 23 heavy (non-hydrogen) atoms. The number of hydrogen-bond acceptors (Lipinski definition) is 6. The van der Waals surface area contributed by atoms with E-state index in [1.807, 2.05) is 0 Å². The Morgan fingerprint density at radius 2 is 2.13 bits per heavy atom. The number of nitrogens with zero attached hydrogens (tertiary/aromatic N) is 3. The molecule has 0 aliphatic heterocycles. The van der Waals surface area contributed by atoms with Gasteiger partial charge in [0.1, 0.15) is 5.82 Å². The van der Waals surface area contributed by atoms with Crippen molar-refractivity contribution in [1.29, 1.82) is 0 Å². The third-order valence-electron chi connectivity index (χ3n) is 3.99. The van der Waals surface area contributed by atoms with Crippen molar-refractivity contribution in [2.45, 2.75) is 31.7 Å². The minimum atomic E-state index is -0.400. The van der Waals surface area contributed by atoms with Crippen LogP contribution in [0.1, 0.15) is 25.7 Å². The smallest absolute Gasteiger partial charge is 0.270 e. The lowest BCUT2D eigenvalue weighted by atomic mass is 10.2. The van der Waals surface area contributed by atoms with Gasteiger partial charge in [-0.25, -0.2) is 4.98 Å². The zero-order valence-corrected chi connectivity index (χ0v) is 12.8. The molecular weight excluding hydrogens is 294 g/mol. The molecule has 2 aromatic rings. The Morgan fingerprint density at radius 3 is 2.83 bits per heavy atom. The summed E-state index contributed by atoms with van der Waals surface area (Å²) in [5, 5.41) is 18.2. The summed E-state index contributed by atoms with van der Waals surface area (Å²) >= 11 is 0. The van der Waals surface area contributed by atoms with E-state index in [-0.39, 0.29) is 5.69 Å². The summed E-state index contributed by atoms with van der Waals surface area (Å²) in [4.78, 5) is 19.5. The number of benzene rings is 1. The van der Waals surface area contributed by atoms with E-state index >= 15 is 0 Å². The molecule has 2 N–H and O–H groups in total. The van der Waals surface area contributed by atoms with Crippen LogP contribution in [0.15, 0.2) is 30.9 Å². The van der Waals surface area contributed by atoms with Crippen LogP contribution in [0.5, 0.6) is 0 Å². The second-order valence-electron chi connectivity index (χ2n) is 5.65. The molecule has 1 aromatic carbocycles. The molecule has 0 unspecified atom stereocenters. The standard InChI is InChI=1S/C16H19N5O2/c1-2-9-17-16-19-14-8-7-12(21(22)23)10-13(14)15(20-16)18-11-5-3-4-6-11/h2,7-8,10-11H,1,3-6,9H2,(H2,17,18,19,20). The van der Waals surface area contributed by atoms with Crippen molar-refractivity contribution < 1.29 is 4.92 Å². The van der Waals surface area contributed by atoms with Gasteiger partial charge in [0.2, 0.25) is 5.95 Å². The SMILES string of the molecule is C=CCNc1nc(NC2CCCC2)c2cc([N+](=O)[O-])ccc2n1. The van der Waals surface area contributed by atoms with Gasteiger partial charge in [0.25, 0.3) is 5.69 Å². The van der Waals surface area contributed by atoms with Gasteiger partial charge in [0, 0.05) is 30.1 Å². The molecule has 1 heterocycles. The fourth-order valence-electron chi connectivity index (χ4n) is 2.85. The second-order valence-corrected chi connectivity index (χ2v) is 5.65. The van der Waals surface area contributed by atoms with E-state index in [1.54, 1.807) is 12.1 Å². The maximum Gasteiger partial charge on any atom is 0.270 e. The summed E-state index contributed by atoms with van der Waals surface area (Å²) in [7, 11) is 0. The Labute approximate surface area is 134 Å². The Kier molecular flexibility index (Phi) is 4.36. The lowest BCUT2D eigenvalue weighted by Crippen LogP contribution is -2.17. The number of fused-ring (bicyclic) bond motifs is 1. The highest BCUT2D eigenvalue weighted by molar-refractivity contribution is 5.91. The average molecular weight is 313 g/mol. The molecule has 3 rings (SSSR count). The predicted molar refractivity (Wildman–Crippen MR) is 90.8 cm³/mol. The Hall–Kier alpha value is -2.70. The Morgan fingerprint density at radius 1 is 1.35 bits per heavy atom. The van der Waals surface area contributed by atoms with E-state index in [0.29, 0.717) is 35.3 Å². The average Bonchev–Trinajstić information content (AvgIpc) is 3.05. The molecule has 0 bridgehead atoms. The lowest BCUT2D eigenvalue weighted by molar-refractivity contribution is -0.384. The molecule has 1 aromatic heterocycles. The maximum absolute atomic E-state index is 11.0. The molecule has 0 atom stereocenters. The van der Waals surface area contributed by atoms with E-state index in [1.165, 1.54) is 25.0 Å². The van der Waals surface area contributed by atoms with Crippen molar-refractivity contribution in [3.05, 3.63) is 41.0 Å². The van der Waals surface area contributed by atoms with E-state index < -0.39 is 4.92 Å². The number of nitro groups is 1. The molecular formula is C16H19N5O2. The van der Waals surface area contributed by atoms with Crippen LogP contribution < -0.4 is 10.6 Å². The fraction of sp³-hybridized carbons (Fsp3) is 0.375. The van der Waals surface area contributed by atoms with Crippen molar-refractivity contribution in [2.75, 3.05) is 17.2 Å². The molecule has 1 aliphatic rings. The van der Waals surface area contributed by atoms with Crippen molar-refractivity contribution in [3.8, 4) is 0 Å². The van der Waals surface area contributed by atoms with Crippen molar-refractivity contribution in [3.63, 3.8) is 0 Å². The highest BCUT2D eigenvalue weighted by Crippen LogP contribution is 2.29. The number of nitro benzene ring substituents is 1. The first-order valence-corrected chi connectivity index (χ1v) is 7.75. The third kappa shape index (κ3) is 3.39. The van der Waals surface area contributed by atoms with Crippen molar-refractivity contribution in [1.82, 2.24) is 9.97 Å². The van der Waals surface area contributed by atoms with Crippen LogP contribution >= 0.6 is 0 Å². The van der Waals surface area contributed by atoms with Gasteiger partial charge < -0.3 is 10.6 Å². The third-order valence-corrected chi connectivity index (χ3v) is 3.99. The summed E-state index contributed by atoms with van der Waals surface area (Å²) in [6.45, 7) is 4.22. The molecule has 7 nitrogen and oxygen atoms in total. The molecule has 1 saturated carbocycles. The zero-order valence-electron chi connectivity index (χ0n) is 12.8. The van der Waals surface area contributed by atoms with Gasteiger partial charge in [-0.15, -0.1) is 6.58 Å². The lowest BCUT2D eigenvalue weighted by Gasteiger charge is -2.15. The van der Waals surface area contributed by atoms with Crippen LogP contribution in [0.25, 0.3) is 10.9 Å².